The SMILES string of the molecule is COC(=O)/C(=C\C=C(\OC)C(=O)OC)[C@H]1CN(C(=O)c2ccccc2)[C@H](CO)[C@H]1CC(=O)OC(C)(C)C. The number of aliphatic hydroxyl groups is 1. The van der Waals surface area contributed by atoms with Crippen LogP contribution >= 0.6 is 0 Å². The maximum Gasteiger partial charge on any atom is 0.373 e. The minimum Gasteiger partial charge on any atom is -0.490 e. The third-order valence-electron chi connectivity index (χ3n) is 5.94. The number of aliphatic hydroxyl groups excluding tert-OH is 1. The number of nitrogens with zero attached hydrogens (tertiary/aromatic N) is 1. The van der Waals surface area contributed by atoms with E-state index in [1.54, 1.807) is 51.1 Å². The molecule has 3 atom stereocenters. The van der Waals surface area contributed by atoms with Gasteiger partial charge >= 0.3 is 17.9 Å². The van der Waals surface area contributed by atoms with Gasteiger partial charge in [-0.15, -0.1) is 0 Å². The van der Waals surface area contributed by atoms with Crippen LogP contribution in [0.1, 0.15) is 37.6 Å². The first-order valence-corrected chi connectivity index (χ1v) is 11.8. The number of allylic oxidation sites excluding steroid dienone is 2. The largest absolute Gasteiger partial charge is 0.490 e. The van der Waals surface area contributed by atoms with Crippen molar-refractivity contribution in [3.63, 3.8) is 0 Å². The summed E-state index contributed by atoms with van der Waals surface area (Å²) in [5.41, 5.74) is -0.262. The van der Waals surface area contributed by atoms with E-state index in [-0.39, 0.29) is 30.2 Å². The lowest BCUT2D eigenvalue weighted by molar-refractivity contribution is -0.156. The lowest BCUT2D eigenvalue weighted by Crippen LogP contribution is -2.41. The first-order chi connectivity index (χ1) is 17.5. The van der Waals surface area contributed by atoms with E-state index >= 15 is 0 Å². The Morgan fingerprint density at radius 1 is 0.973 bits per heavy atom. The highest BCUT2D eigenvalue weighted by Gasteiger charge is 2.47. The summed E-state index contributed by atoms with van der Waals surface area (Å²) in [5.74, 6) is -3.95. The minimum absolute atomic E-state index is 0.0156. The smallest absolute Gasteiger partial charge is 0.373 e. The molecule has 1 aliphatic rings. The van der Waals surface area contributed by atoms with Crippen LogP contribution in [0.25, 0.3) is 0 Å². The van der Waals surface area contributed by atoms with Crippen molar-refractivity contribution < 1.29 is 43.2 Å². The van der Waals surface area contributed by atoms with Crippen LogP contribution in [0.2, 0.25) is 0 Å². The second-order valence-electron chi connectivity index (χ2n) is 9.47. The molecule has 1 amide bonds. The van der Waals surface area contributed by atoms with Gasteiger partial charge in [-0.25, -0.2) is 9.59 Å². The van der Waals surface area contributed by atoms with Crippen LogP contribution in [0.5, 0.6) is 0 Å². The molecule has 37 heavy (non-hydrogen) atoms. The number of carbonyl (C=O) groups excluding carboxylic acids is 4. The fourth-order valence-electron chi connectivity index (χ4n) is 4.33. The summed E-state index contributed by atoms with van der Waals surface area (Å²) in [6, 6.07) is 7.72. The molecular formula is C27H35NO9. The number of benzene rings is 1. The molecule has 10 nitrogen and oxygen atoms in total. The maximum absolute atomic E-state index is 13.4. The fourth-order valence-corrected chi connectivity index (χ4v) is 4.33. The summed E-state index contributed by atoms with van der Waals surface area (Å²) in [6.45, 7) is 4.76. The van der Waals surface area contributed by atoms with Gasteiger partial charge in [0.1, 0.15) is 5.60 Å². The molecule has 0 radical (unpaired) electrons. The van der Waals surface area contributed by atoms with E-state index in [1.165, 1.54) is 38.4 Å². The minimum atomic E-state index is -0.787. The Morgan fingerprint density at radius 3 is 2.11 bits per heavy atom. The van der Waals surface area contributed by atoms with Crippen molar-refractivity contribution in [1.82, 2.24) is 4.90 Å². The molecule has 202 valence electrons. The highest BCUT2D eigenvalue weighted by atomic mass is 16.6. The van der Waals surface area contributed by atoms with Gasteiger partial charge in [0.15, 0.2) is 0 Å². The third kappa shape index (κ3) is 7.66. The second-order valence-corrected chi connectivity index (χ2v) is 9.47. The first kappa shape index (κ1) is 29.6. The number of carbonyl (C=O) groups is 4. The predicted molar refractivity (Wildman–Crippen MR) is 133 cm³/mol. The zero-order chi connectivity index (χ0) is 27.8. The van der Waals surface area contributed by atoms with Gasteiger partial charge in [0.2, 0.25) is 5.76 Å². The van der Waals surface area contributed by atoms with E-state index in [0.29, 0.717) is 5.56 Å². The molecule has 0 aromatic heterocycles. The van der Waals surface area contributed by atoms with Crippen LogP contribution in [0.4, 0.5) is 0 Å². The Morgan fingerprint density at radius 2 is 1.59 bits per heavy atom. The van der Waals surface area contributed by atoms with Crippen LogP contribution in [0.15, 0.2) is 53.8 Å². The standard InChI is InChI=1S/C27H35NO9/c1-27(2,3)37-23(30)14-19-20(18(25(32)35-5)12-13-22(34-4)26(33)36-6)15-28(21(19)16-29)24(31)17-10-8-7-9-11-17/h7-13,19-21,29H,14-16H2,1-6H3/b18-12-,22-13+/t19-,20+,21+/m0/s1. The zero-order valence-corrected chi connectivity index (χ0v) is 22.1. The van der Waals surface area contributed by atoms with Gasteiger partial charge < -0.3 is 29.0 Å². The third-order valence-corrected chi connectivity index (χ3v) is 5.94. The van der Waals surface area contributed by atoms with Gasteiger partial charge in [-0.3, -0.25) is 9.59 Å². The van der Waals surface area contributed by atoms with Gasteiger partial charge in [0.05, 0.1) is 40.4 Å². The van der Waals surface area contributed by atoms with Crippen LogP contribution in [-0.2, 0) is 33.3 Å². The summed E-state index contributed by atoms with van der Waals surface area (Å²) in [6.07, 6.45) is 2.44. The summed E-state index contributed by atoms with van der Waals surface area (Å²) in [7, 11) is 3.66. The van der Waals surface area contributed by atoms with Gasteiger partial charge in [-0.05, 0) is 45.1 Å². The van der Waals surface area contributed by atoms with E-state index in [4.69, 9.17) is 14.2 Å². The quantitative estimate of drug-likeness (QED) is 0.172. The Labute approximate surface area is 216 Å². The van der Waals surface area contributed by atoms with Crippen molar-refractivity contribution in [1.29, 1.82) is 0 Å². The normalized spacial score (nSPS) is 20.3. The molecule has 0 saturated carbocycles. The second kappa shape index (κ2) is 13.0. The molecule has 2 rings (SSSR count). The van der Waals surface area contributed by atoms with Gasteiger partial charge in [0.25, 0.3) is 5.91 Å². The van der Waals surface area contributed by atoms with Crippen LogP contribution in [-0.4, -0.2) is 79.9 Å². The number of ether oxygens (including phenoxy) is 4. The van der Waals surface area contributed by atoms with E-state index in [2.05, 4.69) is 4.74 Å². The van der Waals surface area contributed by atoms with Crippen molar-refractivity contribution in [2.45, 2.75) is 38.8 Å². The number of hydrogen-bond acceptors (Lipinski definition) is 9. The molecule has 1 aliphatic heterocycles. The number of esters is 3. The topological polar surface area (TPSA) is 129 Å². The Balaban J connectivity index is 2.58. The summed E-state index contributed by atoms with van der Waals surface area (Å²) >= 11 is 0. The van der Waals surface area contributed by atoms with Gasteiger partial charge in [-0.2, -0.15) is 0 Å². The highest BCUT2D eigenvalue weighted by Crippen LogP contribution is 2.39. The number of methoxy groups -OCH3 is 3. The van der Waals surface area contributed by atoms with Crippen molar-refractivity contribution in [3.8, 4) is 0 Å². The summed E-state index contributed by atoms with van der Waals surface area (Å²) in [4.78, 5) is 52.5. The number of hydrogen-bond donors (Lipinski definition) is 1. The van der Waals surface area contributed by atoms with Crippen LogP contribution in [0.3, 0.4) is 0 Å². The number of rotatable bonds is 9. The van der Waals surface area contributed by atoms with Crippen molar-refractivity contribution in [2.75, 3.05) is 34.5 Å². The van der Waals surface area contributed by atoms with E-state index in [0.717, 1.165) is 0 Å². The highest BCUT2D eigenvalue weighted by molar-refractivity contribution is 5.95. The molecule has 1 aromatic rings. The van der Waals surface area contributed by atoms with Crippen molar-refractivity contribution in [3.05, 3.63) is 59.4 Å². The molecule has 0 aliphatic carbocycles. The monoisotopic (exact) mass is 517 g/mol. The van der Waals surface area contributed by atoms with Gasteiger partial charge in [-0.1, -0.05) is 18.2 Å². The van der Waals surface area contributed by atoms with Gasteiger partial charge in [0, 0.05) is 29.5 Å². The number of likely N-dealkylation sites (tertiary alicyclic amines) is 1. The van der Waals surface area contributed by atoms with E-state index in [1.807, 2.05) is 0 Å². The molecule has 0 unspecified atom stereocenters. The molecule has 10 heteroatoms. The predicted octanol–water partition coefficient (Wildman–Crippen LogP) is 2.27. The molecular weight excluding hydrogens is 482 g/mol. The average molecular weight is 518 g/mol. The van der Waals surface area contributed by atoms with Crippen molar-refractivity contribution >= 4 is 23.8 Å². The molecule has 0 bridgehead atoms. The molecule has 1 aromatic carbocycles. The summed E-state index contributed by atoms with van der Waals surface area (Å²) in [5, 5.41) is 10.3. The maximum atomic E-state index is 13.4. The fraction of sp³-hybridized carbons (Fsp3) is 0.481. The van der Waals surface area contributed by atoms with Crippen molar-refractivity contribution in [2.24, 2.45) is 11.8 Å². The van der Waals surface area contributed by atoms with Crippen LogP contribution in [0, 0.1) is 11.8 Å². The number of amides is 1. The Bertz CT molecular complexity index is 1040. The molecule has 0 spiro atoms. The Hall–Kier alpha value is -3.66. The van der Waals surface area contributed by atoms with E-state index < -0.39 is 48.0 Å². The first-order valence-electron chi connectivity index (χ1n) is 11.8. The molecule has 1 fully saturated rings. The molecule has 1 N–H and O–H groups in total. The lowest BCUT2D eigenvalue weighted by Gasteiger charge is -2.28. The van der Waals surface area contributed by atoms with Crippen LogP contribution < -0.4 is 0 Å². The average Bonchev–Trinajstić information content (AvgIpc) is 3.22. The Kier molecular flexibility index (Phi) is 10.4. The summed E-state index contributed by atoms with van der Waals surface area (Å²) < 4.78 is 20.2. The van der Waals surface area contributed by atoms with E-state index in [9.17, 15) is 24.3 Å². The molecule has 1 heterocycles. The zero-order valence-electron chi connectivity index (χ0n) is 22.1. The molecule has 1 saturated heterocycles. The lowest BCUT2D eigenvalue weighted by atomic mass is 9.82.